The van der Waals surface area contributed by atoms with Gasteiger partial charge in [0.25, 0.3) is 0 Å². The number of anilines is 1. The molecule has 2 aromatic carbocycles. The summed E-state index contributed by atoms with van der Waals surface area (Å²) < 4.78 is 5.36. The van der Waals surface area contributed by atoms with Crippen molar-refractivity contribution in [1.82, 2.24) is 15.5 Å². The topological polar surface area (TPSA) is 69.2 Å². The van der Waals surface area contributed by atoms with Crippen LogP contribution in [0.15, 0.2) is 53.5 Å². The number of nitrogens with one attached hydrogen (secondary N) is 2. The maximum atomic E-state index is 12.6. The summed E-state index contributed by atoms with van der Waals surface area (Å²) in [6, 6.07) is 15.6. The number of piperazine rings is 1. The van der Waals surface area contributed by atoms with Crippen LogP contribution in [0.25, 0.3) is 0 Å². The van der Waals surface area contributed by atoms with Crippen LogP contribution in [0.5, 0.6) is 5.75 Å². The zero-order valence-corrected chi connectivity index (χ0v) is 20.9. The third-order valence-electron chi connectivity index (χ3n) is 5.09. The fraction of sp³-hybridized carbons (Fsp3) is 0.364. The van der Waals surface area contributed by atoms with Gasteiger partial charge in [0.05, 0.1) is 13.7 Å². The highest BCUT2D eigenvalue weighted by Crippen LogP contribution is 2.19. The molecule has 1 saturated heterocycles. The molecule has 9 heteroatoms. The van der Waals surface area contributed by atoms with Crippen LogP contribution < -0.4 is 20.3 Å². The molecule has 0 aliphatic carbocycles. The monoisotopic (exact) mass is 557 g/mol. The Bertz CT molecular complexity index is 870. The molecule has 0 atom stereocenters. The van der Waals surface area contributed by atoms with E-state index in [2.05, 4.69) is 20.5 Å². The normalized spacial score (nSPS) is 14.0. The van der Waals surface area contributed by atoms with Crippen LogP contribution in [0.1, 0.15) is 5.56 Å². The predicted octanol–water partition coefficient (Wildman–Crippen LogP) is 2.98. The molecule has 2 aromatic rings. The Morgan fingerprint density at radius 3 is 2.39 bits per heavy atom. The molecule has 7 nitrogen and oxygen atoms in total. The second-order valence-electron chi connectivity index (χ2n) is 6.94. The van der Waals surface area contributed by atoms with Gasteiger partial charge in [-0.15, -0.1) is 24.0 Å². The Hall–Kier alpha value is -2.20. The molecule has 0 aromatic heterocycles. The summed E-state index contributed by atoms with van der Waals surface area (Å²) in [4.78, 5) is 21.0. The summed E-state index contributed by atoms with van der Waals surface area (Å²) in [5.74, 6) is 1.45. The van der Waals surface area contributed by atoms with E-state index in [1.54, 1.807) is 14.2 Å². The first-order chi connectivity index (χ1) is 14.6. The smallest absolute Gasteiger partial charge is 0.242 e. The summed E-state index contributed by atoms with van der Waals surface area (Å²) in [6.07, 6.45) is 0. The van der Waals surface area contributed by atoms with Crippen molar-refractivity contribution < 1.29 is 9.53 Å². The van der Waals surface area contributed by atoms with Crippen LogP contribution in [0.2, 0.25) is 5.02 Å². The number of carbonyl (C=O) groups excluding carboxylic acids is 1. The fourth-order valence-corrected chi connectivity index (χ4v) is 3.51. The van der Waals surface area contributed by atoms with Crippen molar-refractivity contribution in [2.75, 3.05) is 51.8 Å². The molecule has 1 heterocycles. The molecular formula is C22H29ClIN5O2. The van der Waals surface area contributed by atoms with Gasteiger partial charge in [-0.3, -0.25) is 9.79 Å². The van der Waals surface area contributed by atoms with E-state index in [0.29, 0.717) is 25.6 Å². The highest BCUT2D eigenvalue weighted by atomic mass is 127. The third-order valence-corrected chi connectivity index (χ3v) is 5.35. The lowest BCUT2D eigenvalue weighted by molar-refractivity contribution is -0.130. The molecule has 31 heavy (non-hydrogen) atoms. The second kappa shape index (κ2) is 12.6. The van der Waals surface area contributed by atoms with Crippen molar-refractivity contribution in [3.05, 3.63) is 59.1 Å². The molecule has 1 aliphatic rings. The maximum absolute atomic E-state index is 12.6. The van der Waals surface area contributed by atoms with Crippen molar-refractivity contribution in [2.45, 2.75) is 6.54 Å². The molecule has 1 amide bonds. The third kappa shape index (κ3) is 7.17. The molecule has 0 radical (unpaired) electrons. The van der Waals surface area contributed by atoms with Crippen LogP contribution in [-0.2, 0) is 11.3 Å². The minimum atomic E-state index is 0. The first kappa shape index (κ1) is 25.1. The second-order valence-corrected chi connectivity index (χ2v) is 7.37. The zero-order valence-electron chi connectivity index (χ0n) is 17.8. The summed E-state index contributed by atoms with van der Waals surface area (Å²) >= 11 is 5.96. The Morgan fingerprint density at radius 1 is 1.06 bits per heavy atom. The summed E-state index contributed by atoms with van der Waals surface area (Å²) in [7, 11) is 3.34. The molecule has 0 saturated carbocycles. The lowest BCUT2D eigenvalue weighted by Crippen LogP contribution is -2.52. The molecule has 0 spiro atoms. The fourth-order valence-electron chi connectivity index (χ4n) is 3.39. The van der Waals surface area contributed by atoms with Crippen LogP contribution in [-0.4, -0.2) is 63.6 Å². The van der Waals surface area contributed by atoms with Gasteiger partial charge in [-0.2, -0.15) is 0 Å². The van der Waals surface area contributed by atoms with Gasteiger partial charge in [-0.25, -0.2) is 0 Å². The van der Waals surface area contributed by atoms with Gasteiger partial charge in [-0.1, -0.05) is 29.8 Å². The number of hydrogen-bond acceptors (Lipinski definition) is 4. The largest absolute Gasteiger partial charge is 0.496 e. The van der Waals surface area contributed by atoms with Gasteiger partial charge < -0.3 is 25.2 Å². The molecule has 1 aliphatic heterocycles. The van der Waals surface area contributed by atoms with Crippen molar-refractivity contribution in [3.63, 3.8) is 0 Å². The SMILES string of the molecule is CN=C(NCC(=O)N1CCN(c2ccc(Cl)cc2)CC1)NCc1ccccc1OC.I. The number of carbonyl (C=O) groups is 1. The van der Waals surface area contributed by atoms with E-state index in [4.69, 9.17) is 16.3 Å². The van der Waals surface area contributed by atoms with E-state index < -0.39 is 0 Å². The van der Waals surface area contributed by atoms with E-state index in [9.17, 15) is 4.79 Å². The minimum absolute atomic E-state index is 0. The van der Waals surface area contributed by atoms with Crippen LogP contribution >= 0.6 is 35.6 Å². The maximum Gasteiger partial charge on any atom is 0.242 e. The van der Waals surface area contributed by atoms with Crippen LogP contribution in [0.3, 0.4) is 0 Å². The minimum Gasteiger partial charge on any atom is -0.496 e. The Balaban J connectivity index is 0.00000341. The number of para-hydroxylation sites is 1. The van der Waals surface area contributed by atoms with E-state index in [1.165, 1.54) is 0 Å². The summed E-state index contributed by atoms with van der Waals surface area (Å²) in [6.45, 7) is 3.74. The number of ether oxygens (including phenoxy) is 1. The standard InChI is InChI=1S/C22H28ClN5O2.HI/c1-24-22(25-15-17-5-3-4-6-20(17)30-2)26-16-21(29)28-13-11-27(12-14-28)19-9-7-18(23)8-10-19;/h3-10H,11-16H2,1-2H3,(H2,24,25,26);1H. The summed E-state index contributed by atoms with van der Waals surface area (Å²) in [5.41, 5.74) is 2.15. The van der Waals surface area contributed by atoms with Crippen molar-refractivity contribution in [2.24, 2.45) is 4.99 Å². The van der Waals surface area contributed by atoms with E-state index in [0.717, 1.165) is 35.1 Å². The zero-order chi connectivity index (χ0) is 21.3. The molecule has 1 fully saturated rings. The molecular weight excluding hydrogens is 529 g/mol. The number of methoxy groups -OCH3 is 1. The van der Waals surface area contributed by atoms with Crippen molar-refractivity contribution in [3.8, 4) is 5.75 Å². The number of amides is 1. The van der Waals surface area contributed by atoms with Crippen LogP contribution in [0.4, 0.5) is 5.69 Å². The van der Waals surface area contributed by atoms with Gasteiger partial charge in [0.15, 0.2) is 5.96 Å². The van der Waals surface area contributed by atoms with E-state index >= 15 is 0 Å². The average molecular weight is 558 g/mol. The van der Waals surface area contributed by atoms with Gasteiger partial charge >= 0.3 is 0 Å². The number of nitrogens with zero attached hydrogens (tertiary/aromatic N) is 3. The number of halogens is 2. The highest BCUT2D eigenvalue weighted by molar-refractivity contribution is 14.0. The first-order valence-corrected chi connectivity index (χ1v) is 10.3. The van der Waals surface area contributed by atoms with E-state index in [1.807, 2.05) is 53.4 Å². The summed E-state index contributed by atoms with van der Waals surface area (Å²) in [5, 5.41) is 7.05. The van der Waals surface area contributed by atoms with E-state index in [-0.39, 0.29) is 36.4 Å². The van der Waals surface area contributed by atoms with Gasteiger partial charge in [0.2, 0.25) is 5.91 Å². The highest BCUT2D eigenvalue weighted by Gasteiger charge is 2.21. The predicted molar refractivity (Wildman–Crippen MR) is 137 cm³/mol. The molecule has 2 N–H and O–H groups in total. The Kier molecular flexibility index (Phi) is 10.2. The number of guanidine groups is 1. The van der Waals surface area contributed by atoms with Gasteiger partial charge in [0.1, 0.15) is 5.75 Å². The van der Waals surface area contributed by atoms with Gasteiger partial charge in [-0.05, 0) is 30.3 Å². The number of rotatable bonds is 6. The molecule has 0 bridgehead atoms. The Morgan fingerprint density at radius 2 is 1.74 bits per heavy atom. The molecule has 3 rings (SSSR count). The average Bonchev–Trinajstić information content (AvgIpc) is 2.80. The lowest BCUT2D eigenvalue weighted by atomic mass is 10.2. The van der Waals surface area contributed by atoms with Crippen molar-refractivity contribution >= 4 is 53.1 Å². The lowest BCUT2D eigenvalue weighted by Gasteiger charge is -2.36. The number of aliphatic imine (C=N–C) groups is 1. The number of hydrogen-bond donors (Lipinski definition) is 2. The van der Waals surface area contributed by atoms with Crippen molar-refractivity contribution in [1.29, 1.82) is 0 Å². The molecule has 0 unspecified atom stereocenters. The number of benzene rings is 2. The molecule has 168 valence electrons. The quantitative estimate of drug-likeness (QED) is 0.325. The first-order valence-electron chi connectivity index (χ1n) is 9.95. The van der Waals surface area contributed by atoms with Crippen LogP contribution in [0, 0.1) is 0 Å². The Labute approximate surface area is 205 Å². The van der Waals surface area contributed by atoms with Gasteiger partial charge in [0, 0.05) is 56.0 Å².